The molecule has 1 atom stereocenters. The van der Waals surface area contributed by atoms with Gasteiger partial charge in [0.15, 0.2) is 5.57 Å². The maximum absolute atomic E-state index is 13.1. The van der Waals surface area contributed by atoms with E-state index in [2.05, 4.69) is 6.92 Å². The van der Waals surface area contributed by atoms with E-state index in [4.69, 9.17) is 4.74 Å². The molecule has 1 aromatic carbocycles. The number of nitriles is 1. The molecule has 2 aliphatic rings. The van der Waals surface area contributed by atoms with Crippen molar-refractivity contribution in [1.82, 2.24) is 0 Å². The van der Waals surface area contributed by atoms with Gasteiger partial charge in [0.05, 0.1) is 17.9 Å². The largest absolute Gasteiger partial charge is 0.462 e. The lowest BCUT2D eigenvalue weighted by molar-refractivity contribution is -0.138. The lowest BCUT2D eigenvalue weighted by atomic mass is 9.80. The second-order valence-corrected chi connectivity index (χ2v) is 6.88. The summed E-state index contributed by atoms with van der Waals surface area (Å²) in [7, 11) is 0. The molecule has 124 valence electrons. The average Bonchev–Trinajstić information content (AvgIpc) is 2.80. The zero-order chi connectivity index (χ0) is 17.6. The molecule has 0 fully saturated rings. The van der Waals surface area contributed by atoms with Gasteiger partial charge in [0.2, 0.25) is 0 Å². The fraction of sp³-hybridized carbons (Fsp3) is 0.421. The zero-order valence-corrected chi connectivity index (χ0v) is 14.3. The van der Waals surface area contributed by atoms with E-state index in [9.17, 15) is 14.9 Å². The van der Waals surface area contributed by atoms with E-state index in [0.29, 0.717) is 11.5 Å². The first-order chi connectivity index (χ1) is 11.3. The average molecular weight is 324 g/mol. The number of benzene rings is 1. The zero-order valence-electron chi connectivity index (χ0n) is 14.3. The molecule has 2 aliphatic heterocycles. The Labute approximate surface area is 141 Å². The first-order valence-electron chi connectivity index (χ1n) is 8.12. The summed E-state index contributed by atoms with van der Waals surface area (Å²) in [6.45, 7) is 7.99. The van der Waals surface area contributed by atoms with Crippen molar-refractivity contribution in [3.8, 4) is 6.07 Å². The summed E-state index contributed by atoms with van der Waals surface area (Å²) in [5.41, 5.74) is 2.13. The second kappa shape index (κ2) is 5.48. The summed E-state index contributed by atoms with van der Waals surface area (Å²) in [5.74, 6) is -0.739. The predicted molar refractivity (Wildman–Crippen MR) is 90.2 cm³/mol. The molecule has 0 aliphatic carbocycles. The monoisotopic (exact) mass is 324 g/mol. The van der Waals surface area contributed by atoms with Gasteiger partial charge in [-0.2, -0.15) is 5.26 Å². The number of hydrogen-bond acceptors (Lipinski definition) is 4. The molecule has 5 heteroatoms. The normalized spacial score (nSPS) is 22.7. The Morgan fingerprint density at radius 2 is 2.17 bits per heavy atom. The number of para-hydroxylation sites is 1. The van der Waals surface area contributed by atoms with Crippen LogP contribution in [0.1, 0.15) is 51.2 Å². The Balaban J connectivity index is 2.31. The molecule has 1 amide bonds. The number of ether oxygens (including phenoxy) is 1. The number of carbonyl (C=O) groups excluding carboxylic acids is 2. The highest BCUT2D eigenvalue weighted by atomic mass is 16.5. The second-order valence-electron chi connectivity index (χ2n) is 6.88. The van der Waals surface area contributed by atoms with Crippen LogP contribution in [0.2, 0.25) is 0 Å². The van der Waals surface area contributed by atoms with Crippen LogP contribution in [0.5, 0.6) is 0 Å². The van der Waals surface area contributed by atoms with Crippen LogP contribution in [0, 0.1) is 11.3 Å². The third-order valence-electron chi connectivity index (χ3n) is 4.76. The fourth-order valence-corrected chi connectivity index (χ4v) is 3.92. The molecule has 5 nitrogen and oxygen atoms in total. The molecule has 2 heterocycles. The van der Waals surface area contributed by atoms with E-state index >= 15 is 0 Å². The van der Waals surface area contributed by atoms with Gasteiger partial charge in [0.25, 0.3) is 5.91 Å². The van der Waals surface area contributed by atoms with Crippen LogP contribution in [0.25, 0.3) is 5.57 Å². The summed E-state index contributed by atoms with van der Waals surface area (Å²) in [6, 6.07) is 7.57. The van der Waals surface area contributed by atoms with Gasteiger partial charge in [-0.15, -0.1) is 0 Å². The summed E-state index contributed by atoms with van der Waals surface area (Å²) < 4.78 is 4.97. The summed E-state index contributed by atoms with van der Waals surface area (Å²) in [6.07, 6.45) is 0.823. The lowest BCUT2D eigenvalue weighted by Crippen LogP contribution is -2.49. The van der Waals surface area contributed by atoms with E-state index in [1.165, 1.54) is 0 Å². The molecule has 0 saturated carbocycles. The van der Waals surface area contributed by atoms with Crippen molar-refractivity contribution in [2.45, 2.75) is 45.6 Å². The maximum Gasteiger partial charge on any atom is 0.349 e. The van der Waals surface area contributed by atoms with Crippen molar-refractivity contribution >= 4 is 23.1 Å². The number of esters is 1. The summed E-state index contributed by atoms with van der Waals surface area (Å²) in [4.78, 5) is 27.0. The third-order valence-corrected chi connectivity index (χ3v) is 4.76. The highest BCUT2D eigenvalue weighted by Crippen LogP contribution is 2.52. The minimum atomic E-state index is -0.744. The van der Waals surface area contributed by atoms with Gasteiger partial charge in [-0.25, -0.2) is 4.79 Å². The smallest absolute Gasteiger partial charge is 0.349 e. The Morgan fingerprint density at radius 3 is 2.79 bits per heavy atom. The molecular formula is C19H20N2O3. The van der Waals surface area contributed by atoms with Gasteiger partial charge < -0.3 is 9.64 Å². The molecule has 0 bridgehead atoms. The van der Waals surface area contributed by atoms with E-state index < -0.39 is 5.97 Å². The van der Waals surface area contributed by atoms with E-state index in [1.54, 1.807) is 17.9 Å². The Morgan fingerprint density at radius 1 is 1.46 bits per heavy atom. The van der Waals surface area contributed by atoms with Crippen LogP contribution in [0.15, 0.2) is 23.8 Å². The first kappa shape index (κ1) is 16.3. The molecule has 24 heavy (non-hydrogen) atoms. The van der Waals surface area contributed by atoms with Crippen molar-refractivity contribution < 1.29 is 14.3 Å². The van der Waals surface area contributed by atoms with Crippen molar-refractivity contribution in [2.75, 3.05) is 11.5 Å². The number of rotatable bonds is 2. The summed E-state index contributed by atoms with van der Waals surface area (Å²) in [5, 5.41) is 9.47. The number of nitrogens with zero attached hydrogens (tertiary/aromatic N) is 2. The SMILES string of the molecule is CCOC(=O)/C(C#N)=C1/C(=O)N2c3c1cccc3[C@H](C)CC2(C)C. The van der Waals surface area contributed by atoms with Crippen molar-refractivity contribution in [3.63, 3.8) is 0 Å². The number of carbonyl (C=O) groups is 2. The van der Waals surface area contributed by atoms with Crippen LogP contribution in [-0.4, -0.2) is 24.0 Å². The molecule has 0 unspecified atom stereocenters. The van der Waals surface area contributed by atoms with Crippen LogP contribution in [-0.2, 0) is 14.3 Å². The van der Waals surface area contributed by atoms with Crippen molar-refractivity contribution in [3.05, 3.63) is 34.9 Å². The molecule has 0 N–H and O–H groups in total. The van der Waals surface area contributed by atoms with E-state index in [1.807, 2.05) is 32.0 Å². The highest BCUT2D eigenvalue weighted by molar-refractivity contribution is 6.37. The topological polar surface area (TPSA) is 70.4 Å². The predicted octanol–water partition coefficient (Wildman–Crippen LogP) is 3.16. The van der Waals surface area contributed by atoms with Gasteiger partial charge in [-0.3, -0.25) is 4.79 Å². The Hall–Kier alpha value is -2.61. The number of hydrogen-bond donors (Lipinski definition) is 0. The van der Waals surface area contributed by atoms with Crippen molar-refractivity contribution in [2.24, 2.45) is 0 Å². The molecule has 3 rings (SSSR count). The minimum Gasteiger partial charge on any atom is -0.462 e. The third kappa shape index (κ3) is 2.14. The standard InChI is InChI=1S/C19H20N2O3/c1-5-24-18(23)14(10-20)15-13-8-6-7-12-11(2)9-19(3,4)21(16(12)13)17(15)22/h6-8,11H,5,9H2,1-4H3/b15-14+/t11-/m1/s1. The van der Waals surface area contributed by atoms with Crippen LogP contribution < -0.4 is 4.90 Å². The number of anilines is 1. The molecule has 1 aromatic rings. The van der Waals surface area contributed by atoms with Gasteiger partial charge >= 0.3 is 5.97 Å². The van der Waals surface area contributed by atoms with Gasteiger partial charge in [0.1, 0.15) is 6.07 Å². The van der Waals surface area contributed by atoms with Crippen LogP contribution in [0.3, 0.4) is 0 Å². The lowest BCUT2D eigenvalue weighted by Gasteiger charge is -2.43. The van der Waals surface area contributed by atoms with Gasteiger partial charge in [-0.1, -0.05) is 25.1 Å². The molecule has 0 radical (unpaired) electrons. The Kier molecular flexibility index (Phi) is 3.71. The van der Waals surface area contributed by atoms with Gasteiger partial charge in [0, 0.05) is 11.1 Å². The van der Waals surface area contributed by atoms with E-state index in [0.717, 1.165) is 17.7 Å². The maximum atomic E-state index is 13.1. The molecule has 0 saturated heterocycles. The molecule has 0 spiro atoms. The highest BCUT2D eigenvalue weighted by Gasteiger charge is 2.48. The van der Waals surface area contributed by atoms with E-state index in [-0.39, 0.29) is 29.2 Å². The minimum absolute atomic E-state index is 0.157. The van der Waals surface area contributed by atoms with Crippen molar-refractivity contribution in [1.29, 1.82) is 5.26 Å². The van der Waals surface area contributed by atoms with Gasteiger partial charge in [-0.05, 0) is 38.7 Å². The first-order valence-corrected chi connectivity index (χ1v) is 8.12. The van der Waals surface area contributed by atoms with Crippen LogP contribution in [0.4, 0.5) is 5.69 Å². The quantitative estimate of drug-likeness (QED) is 0.476. The van der Waals surface area contributed by atoms with Crippen LogP contribution >= 0.6 is 0 Å². The Bertz CT molecular complexity index is 814. The molecular weight excluding hydrogens is 304 g/mol. The fourth-order valence-electron chi connectivity index (χ4n) is 3.92. The number of amides is 1. The molecule has 0 aromatic heterocycles. The summed E-state index contributed by atoms with van der Waals surface area (Å²) >= 11 is 0.